The lowest BCUT2D eigenvalue weighted by Gasteiger charge is -2.30. The number of fused-ring (bicyclic) bond motifs is 1. The van der Waals surface area contributed by atoms with Crippen molar-refractivity contribution < 1.29 is 22.7 Å². The summed E-state index contributed by atoms with van der Waals surface area (Å²) in [7, 11) is -3.48. The lowest BCUT2D eigenvalue weighted by atomic mass is 10.1. The van der Waals surface area contributed by atoms with Crippen molar-refractivity contribution in [3.8, 4) is 0 Å². The molecule has 2 fully saturated rings. The summed E-state index contributed by atoms with van der Waals surface area (Å²) in [5.41, 5.74) is 4.33. The van der Waals surface area contributed by atoms with E-state index in [-0.39, 0.29) is 6.03 Å². The Morgan fingerprint density at radius 3 is 2.49 bits per heavy atom. The van der Waals surface area contributed by atoms with Gasteiger partial charge in [-0.2, -0.15) is 5.10 Å². The number of hydrogen-bond donors (Lipinski definition) is 3. The normalized spacial score (nSPS) is 16.9. The van der Waals surface area contributed by atoms with Gasteiger partial charge >= 0.3 is 6.03 Å². The van der Waals surface area contributed by atoms with E-state index in [9.17, 15) is 13.2 Å². The van der Waals surface area contributed by atoms with Crippen molar-refractivity contribution in [3.63, 3.8) is 0 Å². The zero-order valence-electron chi connectivity index (χ0n) is 20.6. The first kappa shape index (κ1) is 25.1. The highest BCUT2D eigenvalue weighted by molar-refractivity contribution is 7.92. The molecular weight excluding hydrogens is 496 g/mol. The molecule has 0 radical (unpaired) electrons. The van der Waals surface area contributed by atoms with Gasteiger partial charge in [-0.1, -0.05) is 18.2 Å². The molecule has 0 aliphatic carbocycles. The number of aromatic amines is 1. The molecule has 5 rings (SSSR count). The van der Waals surface area contributed by atoms with Gasteiger partial charge in [-0.25, -0.2) is 13.2 Å². The van der Waals surface area contributed by atoms with E-state index in [1.54, 1.807) is 4.90 Å². The highest BCUT2D eigenvalue weighted by atomic mass is 32.2. The number of ether oxygens (including phenoxy) is 2. The molecule has 0 spiro atoms. The standard InChI is InChI=1S/C25H30N6O5S/c1-37(33,34)29-23-16-20-21(27-28-22(20)17-24(23)30-7-11-35-12-8-30)6-5-18-3-2-4-19(15-18)26-25(32)31-9-13-36-14-10-31/h2-6,15-17,29H,7-14H2,1H3,(H,26,32)(H,27,28)/b6-5+. The second kappa shape index (κ2) is 10.8. The Hall–Kier alpha value is -3.61. The van der Waals surface area contributed by atoms with E-state index < -0.39 is 10.0 Å². The van der Waals surface area contributed by atoms with E-state index in [4.69, 9.17) is 9.47 Å². The Morgan fingerprint density at radius 1 is 1.03 bits per heavy atom. The molecule has 12 heteroatoms. The fourth-order valence-electron chi connectivity index (χ4n) is 4.41. The highest BCUT2D eigenvalue weighted by Crippen LogP contribution is 2.33. The van der Waals surface area contributed by atoms with Crippen LogP contribution in [0.4, 0.5) is 21.9 Å². The largest absolute Gasteiger partial charge is 0.378 e. The van der Waals surface area contributed by atoms with Crippen molar-refractivity contribution in [3.05, 3.63) is 47.7 Å². The Balaban J connectivity index is 1.39. The van der Waals surface area contributed by atoms with Crippen LogP contribution in [0.1, 0.15) is 11.3 Å². The maximum atomic E-state index is 12.5. The number of carbonyl (C=O) groups is 1. The van der Waals surface area contributed by atoms with Gasteiger partial charge in [0.25, 0.3) is 0 Å². The number of nitrogens with zero attached hydrogens (tertiary/aromatic N) is 3. The average molecular weight is 527 g/mol. The summed E-state index contributed by atoms with van der Waals surface area (Å²) >= 11 is 0. The maximum Gasteiger partial charge on any atom is 0.321 e. The van der Waals surface area contributed by atoms with Gasteiger partial charge in [0.05, 0.1) is 55.3 Å². The molecule has 3 aromatic rings. The third-order valence-electron chi connectivity index (χ3n) is 6.23. The molecule has 2 aliphatic rings. The number of rotatable bonds is 6. The maximum absolute atomic E-state index is 12.5. The number of benzene rings is 2. The van der Waals surface area contributed by atoms with Gasteiger partial charge in [0.1, 0.15) is 0 Å². The number of aromatic nitrogens is 2. The molecule has 0 unspecified atom stereocenters. The van der Waals surface area contributed by atoms with Crippen molar-refractivity contribution in [1.82, 2.24) is 15.1 Å². The quantitative estimate of drug-likeness (QED) is 0.450. The third kappa shape index (κ3) is 6.21. The van der Waals surface area contributed by atoms with Crippen LogP contribution in [0.2, 0.25) is 0 Å². The Labute approximate surface area is 215 Å². The summed E-state index contributed by atoms with van der Waals surface area (Å²) in [6.45, 7) is 4.74. The molecule has 3 heterocycles. The number of sulfonamides is 1. The molecule has 2 amide bonds. The molecular formula is C25H30N6O5S. The van der Waals surface area contributed by atoms with Crippen LogP contribution in [0.5, 0.6) is 0 Å². The number of carbonyl (C=O) groups excluding carboxylic acids is 1. The van der Waals surface area contributed by atoms with Crippen LogP contribution in [0.3, 0.4) is 0 Å². The van der Waals surface area contributed by atoms with Crippen LogP contribution >= 0.6 is 0 Å². The molecule has 0 atom stereocenters. The molecule has 196 valence electrons. The minimum atomic E-state index is -3.48. The molecule has 2 saturated heterocycles. The SMILES string of the molecule is CS(=O)(=O)Nc1cc2c(/C=C/c3cccc(NC(=O)N4CCOCC4)c3)n[nH]c2cc1N1CCOCC1. The number of urea groups is 1. The molecule has 1 aromatic heterocycles. The highest BCUT2D eigenvalue weighted by Gasteiger charge is 2.20. The number of morpholine rings is 2. The summed E-state index contributed by atoms with van der Waals surface area (Å²) in [6.07, 6.45) is 4.90. The van der Waals surface area contributed by atoms with Crippen molar-refractivity contribution in [2.45, 2.75) is 0 Å². The molecule has 0 bridgehead atoms. The molecule has 11 nitrogen and oxygen atoms in total. The predicted octanol–water partition coefficient (Wildman–Crippen LogP) is 2.81. The summed E-state index contributed by atoms with van der Waals surface area (Å²) in [4.78, 5) is 16.3. The van der Waals surface area contributed by atoms with Crippen molar-refractivity contribution in [1.29, 1.82) is 0 Å². The molecule has 2 aliphatic heterocycles. The number of hydrogen-bond acceptors (Lipinski definition) is 7. The topological polar surface area (TPSA) is 129 Å². The number of anilines is 3. The number of amides is 2. The smallest absolute Gasteiger partial charge is 0.321 e. The lowest BCUT2D eigenvalue weighted by Crippen LogP contribution is -2.43. The Bertz CT molecular complexity index is 1410. The second-order valence-corrected chi connectivity index (χ2v) is 10.7. The summed E-state index contributed by atoms with van der Waals surface area (Å²) in [5.74, 6) is 0. The average Bonchev–Trinajstić information content (AvgIpc) is 3.29. The molecule has 3 N–H and O–H groups in total. The van der Waals surface area contributed by atoms with E-state index in [1.807, 2.05) is 48.6 Å². The Kier molecular flexibility index (Phi) is 7.31. The van der Waals surface area contributed by atoms with Crippen LogP contribution in [-0.4, -0.2) is 88.4 Å². The second-order valence-electron chi connectivity index (χ2n) is 8.99. The molecule has 0 saturated carbocycles. The van der Waals surface area contributed by atoms with Gasteiger partial charge in [-0.3, -0.25) is 9.82 Å². The fourth-order valence-corrected chi connectivity index (χ4v) is 4.97. The van der Waals surface area contributed by atoms with Crippen LogP contribution in [0.15, 0.2) is 36.4 Å². The zero-order valence-corrected chi connectivity index (χ0v) is 21.4. The third-order valence-corrected chi connectivity index (χ3v) is 6.82. The first-order valence-electron chi connectivity index (χ1n) is 12.1. The van der Waals surface area contributed by atoms with E-state index in [2.05, 4.69) is 25.1 Å². The van der Waals surface area contributed by atoms with Gasteiger partial charge in [0.2, 0.25) is 10.0 Å². The molecule has 37 heavy (non-hydrogen) atoms. The molecule has 2 aromatic carbocycles. The predicted molar refractivity (Wildman–Crippen MR) is 144 cm³/mol. The van der Waals surface area contributed by atoms with Gasteiger partial charge in [0, 0.05) is 37.3 Å². The summed E-state index contributed by atoms with van der Waals surface area (Å²) in [5, 5.41) is 11.2. The first-order valence-corrected chi connectivity index (χ1v) is 14.0. The van der Waals surface area contributed by atoms with Gasteiger partial charge in [0.15, 0.2) is 0 Å². The van der Waals surface area contributed by atoms with Crippen LogP contribution in [-0.2, 0) is 19.5 Å². The van der Waals surface area contributed by atoms with E-state index in [0.29, 0.717) is 69.7 Å². The minimum Gasteiger partial charge on any atom is -0.378 e. The number of nitrogens with one attached hydrogen (secondary N) is 3. The van der Waals surface area contributed by atoms with E-state index in [1.165, 1.54) is 0 Å². The van der Waals surface area contributed by atoms with Crippen LogP contribution in [0.25, 0.3) is 23.1 Å². The number of H-pyrrole nitrogens is 1. The summed E-state index contributed by atoms with van der Waals surface area (Å²) in [6, 6.07) is 11.1. The summed E-state index contributed by atoms with van der Waals surface area (Å²) < 4.78 is 37.6. The van der Waals surface area contributed by atoms with Crippen LogP contribution in [0, 0.1) is 0 Å². The van der Waals surface area contributed by atoms with Gasteiger partial charge in [-0.05, 0) is 35.9 Å². The minimum absolute atomic E-state index is 0.148. The van der Waals surface area contributed by atoms with Crippen LogP contribution < -0.4 is 14.9 Å². The van der Waals surface area contributed by atoms with Crippen molar-refractivity contribution >= 4 is 56.2 Å². The monoisotopic (exact) mass is 526 g/mol. The first-order chi connectivity index (χ1) is 17.9. The van der Waals surface area contributed by atoms with E-state index >= 15 is 0 Å². The van der Waals surface area contributed by atoms with Gasteiger partial charge in [-0.15, -0.1) is 0 Å². The zero-order chi connectivity index (χ0) is 25.8. The van der Waals surface area contributed by atoms with Gasteiger partial charge < -0.3 is 24.6 Å². The van der Waals surface area contributed by atoms with Crippen molar-refractivity contribution in [2.75, 3.05) is 73.8 Å². The lowest BCUT2D eigenvalue weighted by molar-refractivity contribution is 0.0564. The Morgan fingerprint density at radius 2 is 1.76 bits per heavy atom. The van der Waals surface area contributed by atoms with Crippen molar-refractivity contribution in [2.24, 2.45) is 0 Å². The van der Waals surface area contributed by atoms with E-state index in [0.717, 1.165) is 28.4 Å². The fraction of sp³-hybridized carbons (Fsp3) is 0.360.